The van der Waals surface area contributed by atoms with Crippen LogP contribution in [-0.4, -0.2) is 14.6 Å². The molecule has 22 heavy (non-hydrogen) atoms. The van der Waals surface area contributed by atoms with Gasteiger partial charge in [-0.25, -0.2) is 9.50 Å². The predicted octanol–water partition coefficient (Wildman–Crippen LogP) is 4.34. The molecule has 3 aromatic rings. The number of hydrogen-bond donors (Lipinski definition) is 0. The Morgan fingerprint density at radius 3 is 2.32 bits per heavy atom. The van der Waals surface area contributed by atoms with Gasteiger partial charge in [-0.15, -0.1) is 0 Å². The van der Waals surface area contributed by atoms with Crippen LogP contribution in [0.3, 0.4) is 0 Å². The van der Waals surface area contributed by atoms with E-state index in [-0.39, 0.29) is 5.65 Å². The Hall–Kier alpha value is -2.37. The fourth-order valence-electron chi connectivity index (χ4n) is 2.34. The molecule has 2 aromatic heterocycles. The van der Waals surface area contributed by atoms with Crippen LogP contribution in [0.15, 0.2) is 30.3 Å². The lowest BCUT2D eigenvalue weighted by atomic mass is 10.0. The second kappa shape index (κ2) is 4.83. The number of alkyl halides is 3. The van der Waals surface area contributed by atoms with Crippen molar-refractivity contribution in [2.45, 2.75) is 26.9 Å². The summed E-state index contributed by atoms with van der Waals surface area (Å²) < 4.78 is 40.7. The normalized spacial score (nSPS) is 12.1. The van der Waals surface area contributed by atoms with E-state index >= 15 is 0 Å². The zero-order chi connectivity index (χ0) is 16.1. The van der Waals surface area contributed by atoms with E-state index in [1.165, 1.54) is 0 Å². The van der Waals surface area contributed by atoms with Crippen LogP contribution < -0.4 is 0 Å². The Morgan fingerprint density at radius 1 is 0.955 bits per heavy atom. The van der Waals surface area contributed by atoms with Gasteiger partial charge in [-0.2, -0.15) is 18.3 Å². The van der Waals surface area contributed by atoms with Gasteiger partial charge >= 0.3 is 6.18 Å². The van der Waals surface area contributed by atoms with E-state index in [0.717, 1.165) is 21.7 Å². The zero-order valence-corrected chi connectivity index (χ0v) is 12.4. The Bertz CT molecular complexity index is 863. The van der Waals surface area contributed by atoms with Crippen molar-refractivity contribution in [3.05, 3.63) is 52.8 Å². The SMILES string of the molecule is Cc1cc2nc(-c3ccc(C)c(C)c3)cc(C(F)(F)F)n2n1. The second-order valence-electron chi connectivity index (χ2n) is 5.38. The number of aromatic nitrogens is 3. The summed E-state index contributed by atoms with van der Waals surface area (Å²) in [6.45, 7) is 5.52. The van der Waals surface area contributed by atoms with Crippen LogP contribution in [-0.2, 0) is 6.18 Å². The summed E-state index contributed by atoms with van der Waals surface area (Å²) in [6.07, 6.45) is -4.49. The van der Waals surface area contributed by atoms with Crippen LogP contribution in [0.5, 0.6) is 0 Å². The highest BCUT2D eigenvalue weighted by molar-refractivity contribution is 5.64. The molecule has 0 saturated heterocycles. The fraction of sp³-hybridized carbons (Fsp3) is 0.250. The molecular formula is C16H14F3N3. The van der Waals surface area contributed by atoms with Crippen molar-refractivity contribution in [2.75, 3.05) is 0 Å². The third-order valence-electron chi connectivity index (χ3n) is 3.64. The average Bonchev–Trinajstić information content (AvgIpc) is 2.79. The molecule has 0 fully saturated rings. The van der Waals surface area contributed by atoms with E-state index < -0.39 is 11.9 Å². The predicted molar refractivity (Wildman–Crippen MR) is 77.6 cm³/mol. The van der Waals surface area contributed by atoms with E-state index in [1.54, 1.807) is 19.1 Å². The van der Waals surface area contributed by atoms with Crippen LogP contribution in [0.4, 0.5) is 13.2 Å². The van der Waals surface area contributed by atoms with Gasteiger partial charge in [-0.3, -0.25) is 0 Å². The molecule has 0 aliphatic carbocycles. The van der Waals surface area contributed by atoms with Gasteiger partial charge < -0.3 is 0 Å². The molecule has 0 radical (unpaired) electrons. The minimum absolute atomic E-state index is 0.195. The van der Waals surface area contributed by atoms with Crippen LogP contribution in [0.2, 0.25) is 0 Å². The third kappa shape index (κ3) is 2.45. The van der Waals surface area contributed by atoms with Gasteiger partial charge in [0.05, 0.1) is 11.4 Å². The maximum atomic E-state index is 13.3. The molecule has 3 rings (SSSR count). The first-order valence-electron chi connectivity index (χ1n) is 6.78. The first kappa shape index (κ1) is 14.6. The third-order valence-corrected chi connectivity index (χ3v) is 3.64. The second-order valence-corrected chi connectivity index (χ2v) is 5.38. The van der Waals surface area contributed by atoms with Crippen molar-refractivity contribution in [1.29, 1.82) is 0 Å². The molecule has 0 amide bonds. The van der Waals surface area contributed by atoms with Crippen LogP contribution in [0.1, 0.15) is 22.5 Å². The van der Waals surface area contributed by atoms with Gasteiger partial charge in [-0.05, 0) is 44.0 Å². The van der Waals surface area contributed by atoms with Crippen LogP contribution >= 0.6 is 0 Å². The molecule has 0 bridgehead atoms. The Balaban J connectivity index is 2.28. The van der Waals surface area contributed by atoms with Crippen molar-refractivity contribution in [3.8, 4) is 11.3 Å². The monoisotopic (exact) mass is 305 g/mol. The molecule has 0 unspecified atom stereocenters. The highest BCUT2D eigenvalue weighted by atomic mass is 19.4. The fourth-order valence-corrected chi connectivity index (χ4v) is 2.34. The summed E-state index contributed by atoms with van der Waals surface area (Å²) in [5, 5.41) is 3.88. The molecule has 0 aliphatic rings. The smallest absolute Gasteiger partial charge is 0.229 e. The van der Waals surface area contributed by atoms with Gasteiger partial charge in [0, 0.05) is 11.6 Å². The first-order valence-corrected chi connectivity index (χ1v) is 6.78. The molecule has 0 spiro atoms. The molecule has 0 N–H and O–H groups in total. The number of aryl methyl sites for hydroxylation is 3. The minimum Gasteiger partial charge on any atom is -0.229 e. The Kier molecular flexibility index (Phi) is 3.20. The molecule has 1 aromatic carbocycles. The largest absolute Gasteiger partial charge is 0.433 e. The molecular weight excluding hydrogens is 291 g/mol. The van der Waals surface area contributed by atoms with Crippen molar-refractivity contribution < 1.29 is 13.2 Å². The highest BCUT2D eigenvalue weighted by Crippen LogP contribution is 2.32. The molecule has 2 heterocycles. The summed E-state index contributed by atoms with van der Waals surface area (Å²) in [7, 11) is 0. The number of halogens is 3. The summed E-state index contributed by atoms with van der Waals surface area (Å²) in [5.41, 5.74) is 2.92. The maximum Gasteiger partial charge on any atom is 0.433 e. The van der Waals surface area contributed by atoms with Crippen LogP contribution in [0.25, 0.3) is 16.9 Å². The number of nitrogens with zero attached hydrogens (tertiary/aromatic N) is 3. The molecule has 114 valence electrons. The number of rotatable bonds is 1. The summed E-state index contributed by atoms with van der Waals surface area (Å²) >= 11 is 0. The van der Waals surface area contributed by atoms with Gasteiger partial charge in [0.1, 0.15) is 0 Å². The standard InChI is InChI=1S/C16H14F3N3/c1-9-4-5-12(6-10(9)2)13-8-14(16(17,18)19)22-15(20-13)7-11(3)21-22/h4-8H,1-3H3. The zero-order valence-electron chi connectivity index (χ0n) is 12.4. The van der Waals surface area contributed by atoms with Gasteiger partial charge in [0.2, 0.25) is 0 Å². The first-order chi connectivity index (χ1) is 10.3. The molecule has 0 atom stereocenters. The average molecular weight is 305 g/mol. The molecule has 6 heteroatoms. The quantitative estimate of drug-likeness (QED) is 0.669. The van der Waals surface area contributed by atoms with Crippen LogP contribution in [0, 0.1) is 20.8 Å². The molecule has 0 saturated carbocycles. The Morgan fingerprint density at radius 2 is 1.68 bits per heavy atom. The molecule has 3 nitrogen and oxygen atoms in total. The van der Waals surface area contributed by atoms with Crippen molar-refractivity contribution in [3.63, 3.8) is 0 Å². The lowest BCUT2D eigenvalue weighted by molar-refractivity contribution is -0.142. The van der Waals surface area contributed by atoms with Crippen molar-refractivity contribution in [1.82, 2.24) is 14.6 Å². The number of fused-ring (bicyclic) bond motifs is 1. The lowest BCUT2D eigenvalue weighted by Crippen LogP contribution is -2.13. The maximum absolute atomic E-state index is 13.3. The van der Waals surface area contributed by atoms with Gasteiger partial charge in [0.15, 0.2) is 11.3 Å². The van der Waals surface area contributed by atoms with Crippen molar-refractivity contribution in [2.24, 2.45) is 0 Å². The van der Waals surface area contributed by atoms with E-state index in [1.807, 2.05) is 26.0 Å². The highest BCUT2D eigenvalue weighted by Gasteiger charge is 2.35. The number of hydrogen-bond acceptors (Lipinski definition) is 2. The van der Waals surface area contributed by atoms with E-state index in [9.17, 15) is 13.2 Å². The number of benzene rings is 1. The Labute approximate surface area is 125 Å². The van der Waals surface area contributed by atoms with E-state index in [0.29, 0.717) is 17.0 Å². The summed E-state index contributed by atoms with van der Waals surface area (Å²) in [6, 6.07) is 8.09. The van der Waals surface area contributed by atoms with Gasteiger partial charge in [-0.1, -0.05) is 12.1 Å². The minimum atomic E-state index is -4.49. The topological polar surface area (TPSA) is 30.2 Å². The van der Waals surface area contributed by atoms with Crippen molar-refractivity contribution >= 4 is 5.65 Å². The van der Waals surface area contributed by atoms with E-state index in [4.69, 9.17) is 0 Å². The van der Waals surface area contributed by atoms with E-state index in [2.05, 4.69) is 10.1 Å². The summed E-state index contributed by atoms with van der Waals surface area (Å²) in [4.78, 5) is 4.31. The van der Waals surface area contributed by atoms with Gasteiger partial charge in [0.25, 0.3) is 0 Å². The lowest BCUT2D eigenvalue weighted by Gasteiger charge is -2.11. The summed E-state index contributed by atoms with van der Waals surface area (Å²) in [5.74, 6) is 0. The molecule has 0 aliphatic heterocycles.